The monoisotopic (exact) mass is 198 g/mol. The van der Waals surface area contributed by atoms with E-state index in [1.165, 1.54) is 0 Å². The lowest BCUT2D eigenvalue weighted by molar-refractivity contribution is -0.137. The van der Waals surface area contributed by atoms with E-state index in [0.717, 1.165) is 6.29 Å². The molecule has 4 heteroatoms. The van der Waals surface area contributed by atoms with Crippen molar-refractivity contribution in [1.82, 2.24) is 0 Å². The van der Waals surface area contributed by atoms with Gasteiger partial charge in [-0.05, 0) is 5.92 Å². The molecular formula is C10H14O4. The molecule has 0 aliphatic heterocycles. The maximum absolute atomic E-state index is 11.2. The molecule has 0 spiro atoms. The number of hydrogen-bond donors (Lipinski definition) is 0. The van der Waals surface area contributed by atoms with E-state index in [1.807, 2.05) is 0 Å². The lowest BCUT2D eigenvalue weighted by Gasteiger charge is -2.04. The normalized spacial score (nSPS) is 11.8. The Morgan fingerprint density at radius 1 is 1.14 bits per heavy atom. The maximum atomic E-state index is 11.2. The number of ketones is 2. The van der Waals surface area contributed by atoms with E-state index in [4.69, 9.17) is 0 Å². The van der Waals surface area contributed by atoms with Gasteiger partial charge in [-0.2, -0.15) is 0 Å². The van der Waals surface area contributed by atoms with Gasteiger partial charge >= 0.3 is 0 Å². The second kappa shape index (κ2) is 7.12. The Labute approximate surface area is 82.7 Å². The van der Waals surface area contributed by atoms with E-state index in [-0.39, 0.29) is 31.6 Å². The van der Waals surface area contributed by atoms with Gasteiger partial charge in [-0.25, -0.2) is 0 Å². The third kappa shape index (κ3) is 5.35. The first-order valence-electron chi connectivity index (χ1n) is 4.55. The SMILES string of the molecule is CC(CC=O)CC(=O)C(=O)CCC=O. The Bertz CT molecular complexity index is 232. The summed E-state index contributed by atoms with van der Waals surface area (Å²) in [4.78, 5) is 42.2. The van der Waals surface area contributed by atoms with Crippen molar-refractivity contribution in [2.75, 3.05) is 0 Å². The molecule has 0 saturated carbocycles. The summed E-state index contributed by atoms with van der Waals surface area (Å²) in [7, 11) is 0. The summed E-state index contributed by atoms with van der Waals surface area (Å²) in [5, 5.41) is 0. The number of Topliss-reactive ketones (excluding diaryl/α,β-unsaturated/α-hetero) is 2. The van der Waals surface area contributed by atoms with Crippen molar-refractivity contribution < 1.29 is 19.2 Å². The van der Waals surface area contributed by atoms with Gasteiger partial charge in [0.05, 0.1) is 0 Å². The minimum absolute atomic E-state index is 0.0177. The lowest BCUT2D eigenvalue weighted by atomic mass is 9.98. The van der Waals surface area contributed by atoms with Crippen LogP contribution >= 0.6 is 0 Å². The topological polar surface area (TPSA) is 68.3 Å². The highest BCUT2D eigenvalue weighted by Crippen LogP contribution is 2.07. The molecule has 4 nitrogen and oxygen atoms in total. The van der Waals surface area contributed by atoms with Crippen LogP contribution in [0, 0.1) is 5.92 Å². The number of carbonyl (C=O) groups excluding carboxylic acids is 4. The molecule has 0 bridgehead atoms. The molecule has 1 unspecified atom stereocenters. The standard InChI is InChI=1S/C10H14O4/c1-8(4-6-12)7-10(14)9(13)3-2-5-11/h5-6,8H,2-4,7H2,1H3. The van der Waals surface area contributed by atoms with E-state index in [0.29, 0.717) is 6.29 Å². The van der Waals surface area contributed by atoms with Crippen molar-refractivity contribution >= 4 is 24.1 Å². The number of aldehydes is 2. The van der Waals surface area contributed by atoms with Crippen molar-refractivity contribution in [3.63, 3.8) is 0 Å². The smallest absolute Gasteiger partial charge is 0.198 e. The van der Waals surface area contributed by atoms with Crippen molar-refractivity contribution in [3.8, 4) is 0 Å². The Morgan fingerprint density at radius 3 is 2.29 bits per heavy atom. The van der Waals surface area contributed by atoms with Crippen LogP contribution in [0.3, 0.4) is 0 Å². The summed E-state index contributed by atoms with van der Waals surface area (Å²) in [5.74, 6) is -1.10. The van der Waals surface area contributed by atoms with Crippen LogP contribution in [0.2, 0.25) is 0 Å². The fourth-order valence-corrected chi connectivity index (χ4v) is 1.01. The van der Waals surface area contributed by atoms with Gasteiger partial charge in [0.25, 0.3) is 0 Å². The molecule has 0 aromatic carbocycles. The van der Waals surface area contributed by atoms with Crippen LogP contribution in [0.5, 0.6) is 0 Å². The van der Waals surface area contributed by atoms with Crippen molar-refractivity contribution in [1.29, 1.82) is 0 Å². The zero-order valence-electron chi connectivity index (χ0n) is 8.19. The first-order valence-corrected chi connectivity index (χ1v) is 4.55. The minimum atomic E-state index is -0.519. The lowest BCUT2D eigenvalue weighted by Crippen LogP contribution is -2.17. The van der Waals surface area contributed by atoms with Gasteiger partial charge in [0.15, 0.2) is 11.6 Å². The van der Waals surface area contributed by atoms with Gasteiger partial charge < -0.3 is 9.59 Å². The molecule has 0 heterocycles. The minimum Gasteiger partial charge on any atom is -0.303 e. The molecular weight excluding hydrogens is 184 g/mol. The van der Waals surface area contributed by atoms with Crippen LogP contribution < -0.4 is 0 Å². The second-order valence-electron chi connectivity index (χ2n) is 3.26. The average Bonchev–Trinajstić information content (AvgIpc) is 2.14. The summed E-state index contributed by atoms with van der Waals surface area (Å²) < 4.78 is 0. The molecule has 0 aliphatic rings. The Hall–Kier alpha value is -1.32. The van der Waals surface area contributed by atoms with Gasteiger partial charge in [-0.15, -0.1) is 0 Å². The molecule has 0 aromatic heterocycles. The van der Waals surface area contributed by atoms with Crippen LogP contribution in [0.15, 0.2) is 0 Å². The molecule has 0 aromatic rings. The molecule has 0 rings (SSSR count). The summed E-state index contributed by atoms with van der Waals surface area (Å²) in [6.45, 7) is 1.74. The molecule has 0 amide bonds. The molecule has 0 fully saturated rings. The van der Waals surface area contributed by atoms with E-state index >= 15 is 0 Å². The predicted molar refractivity (Wildman–Crippen MR) is 49.8 cm³/mol. The van der Waals surface area contributed by atoms with Crippen molar-refractivity contribution in [2.45, 2.75) is 32.6 Å². The van der Waals surface area contributed by atoms with Crippen LogP contribution in [0.1, 0.15) is 32.6 Å². The first-order chi connectivity index (χ1) is 6.61. The largest absolute Gasteiger partial charge is 0.303 e. The molecule has 0 saturated heterocycles. The zero-order chi connectivity index (χ0) is 11.0. The Morgan fingerprint density at radius 2 is 1.79 bits per heavy atom. The van der Waals surface area contributed by atoms with Crippen molar-refractivity contribution in [2.24, 2.45) is 5.92 Å². The Kier molecular flexibility index (Phi) is 6.45. The first kappa shape index (κ1) is 12.7. The fraction of sp³-hybridized carbons (Fsp3) is 0.600. The van der Waals surface area contributed by atoms with Crippen LogP contribution in [0.25, 0.3) is 0 Å². The van der Waals surface area contributed by atoms with Gasteiger partial charge in [-0.1, -0.05) is 6.92 Å². The van der Waals surface area contributed by atoms with E-state index < -0.39 is 11.6 Å². The third-order valence-corrected chi connectivity index (χ3v) is 1.83. The Balaban J connectivity index is 3.88. The third-order valence-electron chi connectivity index (χ3n) is 1.83. The summed E-state index contributed by atoms with van der Waals surface area (Å²) >= 11 is 0. The predicted octanol–water partition coefficient (Wildman–Crippen LogP) is 0.719. The number of carbonyl (C=O) groups is 4. The average molecular weight is 198 g/mol. The van der Waals surface area contributed by atoms with E-state index in [1.54, 1.807) is 6.92 Å². The zero-order valence-corrected chi connectivity index (χ0v) is 8.19. The van der Waals surface area contributed by atoms with Gasteiger partial charge in [0, 0.05) is 25.7 Å². The molecule has 1 atom stereocenters. The number of rotatable bonds is 8. The highest BCUT2D eigenvalue weighted by Gasteiger charge is 2.16. The van der Waals surface area contributed by atoms with Gasteiger partial charge in [0.2, 0.25) is 0 Å². The second-order valence-corrected chi connectivity index (χ2v) is 3.26. The summed E-state index contributed by atoms with van der Waals surface area (Å²) in [6, 6.07) is 0. The van der Waals surface area contributed by atoms with Gasteiger partial charge in [-0.3, -0.25) is 9.59 Å². The van der Waals surface area contributed by atoms with Crippen LogP contribution in [-0.4, -0.2) is 24.1 Å². The molecule has 0 radical (unpaired) electrons. The van der Waals surface area contributed by atoms with Gasteiger partial charge in [0.1, 0.15) is 12.6 Å². The summed E-state index contributed by atoms with van der Waals surface area (Å²) in [5.41, 5.74) is 0. The quantitative estimate of drug-likeness (QED) is 0.425. The number of hydrogen-bond acceptors (Lipinski definition) is 4. The fourth-order valence-electron chi connectivity index (χ4n) is 1.01. The maximum Gasteiger partial charge on any atom is 0.198 e. The van der Waals surface area contributed by atoms with Crippen LogP contribution in [-0.2, 0) is 19.2 Å². The molecule has 78 valence electrons. The highest BCUT2D eigenvalue weighted by molar-refractivity contribution is 6.37. The molecule has 14 heavy (non-hydrogen) atoms. The molecule has 0 N–H and O–H groups in total. The summed E-state index contributed by atoms with van der Waals surface area (Å²) in [6.07, 6.45) is 1.79. The molecule has 0 aliphatic carbocycles. The van der Waals surface area contributed by atoms with E-state index in [9.17, 15) is 19.2 Å². The van der Waals surface area contributed by atoms with Crippen molar-refractivity contribution in [3.05, 3.63) is 0 Å². The van der Waals surface area contributed by atoms with E-state index in [2.05, 4.69) is 0 Å². The highest BCUT2D eigenvalue weighted by atomic mass is 16.2. The van der Waals surface area contributed by atoms with Crippen LogP contribution in [0.4, 0.5) is 0 Å².